The normalized spacial score (nSPS) is 11.3. The van der Waals surface area contributed by atoms with Crippen LogP contribution in [-0.4, -0.2) is 23.6 Å². The first-order valence-electron chi connectivity index (χ1n) is 6.91. The molecule has 0 aliphatic rings. The second kappa shape index (κ2) is 6.72. The Bertz CT molecular complexity index is 549. The van der Waals surface area contributed by atoms with E-state index >= 15 is 0 Å². The van der Waals surface area contributed by atoms with Crippen molar-refractivity contribution in [3.05, 3.63) is 28.8 Å². The molecular formula is C16H23NO4. The molecule has 1 rings (SSSR count). The van der Waals surface area contributed by atoms with E-state index in [1.165, 1.54) is 0 Å². The van der Waals surface area contributed by atoms with E-state index in [1.54, 1.807) is 6.07 Å². The molecule has 0 heterocycles. The second-order valence-corrected chi connectivity index (χ2v) is 5.92. The highest BCUT2D eigenvalue weighted by molar-refractivity contribution is 5.74. The van der Waals surface area contributed by atoms with Crippen molar-refractivity contribution in [1.29, 1.82) is 0 Å². The Morgan fingerprint density at radius 1 is 1.29 bits per heavy atom. The lowest BCUT2D eigenvalue weighted by Gasteiger charge is -2.28. The van der Waals surface area contributed by atoms with E-state index in [0.717, 1.165) is 16.7 Å². The van der Waals surface area contributed by atoms with Gasteiger partial charge in [-0.15, -0.1) is 0 Å². The minimum absolute atomic E-state index is 0.0433. The Morgan fingerprint density at radius 3 is 2.43 bits per heavy atom. The molecule has 5 heteroatoms. The minimum Gasteiger partial charge on any atom is -0.481 e. The predicted molar refractivity (Wildman–Crippen MR) is 80.5 cm³/mol. The molecule has 116 valence electrons. The van der Waals surface area contributed by atoms with Crippen molar-refractivity contribution in [2.45, 2.75) is 46.0 Å². The number of carboxylic acid groups (broad SMARTS) is 1. The van der Waals surface area contributed by atoms with Crippen molar-refractivity contribution in [2.75, 3.05) is 6.54 Å². The van der Waals surface area contributed by atoms with Gasteiger partial charge in [0, 0.05) is 17.5 Å². The number of ether oxygens (including phenoxy) is 1. The summed E-state index contributed by atoms with van der Waals surface area (Å²) in [7, 11) is 0. The van der Waals surface area contributed by atoms with Gasteiger partial charge in [0.15, 0.2) is 0 Å². The van der Waals surface area contributed by atoms with Crippen molar-refractivity contribution >= 4 is 11.9 Å². The van der Waals surface area contributed by atoms with Gasteiger partial charge in [0.1, 0.15) is 5.75 Å². The maximum absolute atomic E-state index is 11.7. The Labute approximate surface area is 125 Å². The monoisotopic (exact) mass is 293 g/mol. The van der Waals surface area contributed by atoms with Crippen LogP contribution in [0, 0.1) is 13.8 Å². The van der Waals surface area contributed by atoms with Crippen LogP contribution in [0.25, 0.3) is 0 Å². The zero-order valence-corrected chi connectivity index (χ0v) is 13.0. The summed E-state index contributed by atoms with van der Waals surface area (Å²) in [5.74, 6) is -0.869. The van der Waals surface area contributed by atoms with Crippen LogP contribution in [0.4, 0.5) is 0 Å². The lowest BCUT2D eigenvalue weighted by atomic mass is 9.78. The summed E-state index contributed by atoms with van der Waals surface area (Å²) in [6.45, 7) is 7.68. The summed E-state index contributed by atoms with van der Waals surface area (Å²) in [6, 6.07) is 3.72. The number of carbonyl (C=O) groups excluding carboxylic acids is 1. The highest BCUT2D eigenvalue weighted by atomic mass is 16.5. The summed E-state index contributed by atoms with van der Waals surface area (Å²) >= 11 is 0. The van der Waals surface area contributed by atoms with Gasteiger partial charge in [-0.05, 0) is 31.0 Å². The smallest absolute Gasteiger partial charge is 0.312 e. The van der Waals surface area contributed by atoms with Crippen LogP contribution >= 0.6 is 0 Å². The van der Waals surface area contributed by atoms with Gasteiger partial charge in [0.25, 0.3) is 0 Å². The van der Waals surface area contributed by atoms with Crippen molar-refractivity contribution in [2.24, 2.45) is 5.73 Å². The molecule has 21 heavy (non-hydrogen) atoms. The van der Waals surface area contributed by atoms with Gasteiger partial charge in [-0.3, -0.25) is 9.59 Å². The fourth-order valence-corrected chi connectivity index (χ4v) is 2.63. The van der Waals surface area contributed by atoms with Crippen molar-refractivity contribution in [3.63, 3.8) is 0 Å². The third-order valence-electron chi connectivity index (χ3n) is 3.29. The molecule has 1 aromatic rings. The molecule has 0 atom stereocenters. The predicted octanol–water partition coefficient (Wildman–Crippen LogP) is 2.31. The van der Waals surface area contributed by atoms with Crippen LogP contribution < -0.4 is 10.5 Å². The van der Waals surface area contributed by atoms with Crippen LogP contribution in [0.15, 0.2) is 12.1 Å². The standard InChI is InChI=1S/C16H23NO4/c1-10-7-11(2)15(16(3,4)9-13(18)19)12(8-10)21-14(20)5-6-17/h7-8H,5-6,9,17H2,1-4H3,(H,18,19). The first kappa shape index (κ1) is 17.2. The van der Waals surface area contributed by atoms with E-state index in [0.29, 0.717) is 5.75 Å². The summed E-state index contributed by atoms with van der Waals surface area (Å²) in [5.41, 5.74) is 7.34. The van der Waals surface area contributed by atoms with E-state index in [9.17, 15) is 9.59 Å². The number of carboxylic acids is 1. The average Bonchev–Trinajstić information content (AvgIpc) is 2.24. The lowest BCUT2D eigenvalue weighted by Crippen LogP contribution is -2.25. The SMILES string of the molecule is Cc1cc(C)c(C(C)(C)CC(=O)O)c(OC(=O)CCN)c1. The van der Waals surface area contributed by atoms with E-state index in [4.69, 9.17) is 15.6 Å². The fourth-order valence-electron chi connectivity index (χ4n) is 2.63. The number of hydrogen-bond donors (Lipinski definition) is 2. The molecule has 0 radical (unpaired) electrons. The number of aliphatic carboxylic acids is 1. The molecule has 0 saturated heterocycles. The van der Waals surface area contributed by atoms with Crippen molar-refractivity contribution < 1.29 is 19.4 Å². The van der Waals surface area contributed by atoms with E-state index < -0.39 is 17.4 Å². The van der Waals surface area contributed by atoms with Crippen LogP contribution in [-0.2, 0) is 15.0 Å². The Morgan fingerprint density at radius 2 is 1.90 bits per heavy atom. The van der Waals surface area contributed by atoms with Gasteiger partial charge in [0.2, 0.25) is 0 Å². The van der Waals surface area contributed by atoms with E-state index in [1.807, 2.05) is 33.8 Å². The zero-order chi connectivity index (χ0) is 16.2. The Hall–Kier alpha value is -1.88. The van der Waals surface area contributed by atoms with Crippen molar-refractivity contribution in [3.8, 4) is 5.75 Å². The van der Waals surface area contributed by atoms with Gasteiger partial charge < -0.3 is 15.6 Å². The highest BCUT2D eigenvalue weighted by Gasteiger charge is 2.30. The van der Waals surface area contributed by atoms with Gasteiger partial charge in [-0.25, -0.2) is 0 Å². The van der Waals surface area contributed by atoms with Gasteiger partial charge in [-0.1, -0.05) is 19.9 Å². The van der Waals surface area contributed by atoms with Crippen LogP contribution in [0.5, 0.6) is 5.75 Å². The number of aryl methyl sites for hydroxylation is 2. The fraction of sp³-hybridized carbons (Fsp3) is 0.500. The largest absolute Gasteiger partial charge is 0.481 e. The molecule has 0 aliphatic heterocycles. The van der Waals surface area contributed by atoms with E-state index in [2.05, 4.69) is 0 Å². The molecule has 0 aromatic heterocycles. The molecule has 0 bridgehead atoms. The summed E-state index contributed by atoms with van der Waals surface area (Å²) < 4.78 is 5.40. The topological polar surface area (TPSA) is 89.6 Å². The lowest BCUT2D eigenvalue weighted by molar-refractivity contribution is -0.138. The quantitative estimate of drug-likeness (QED) is 0.620. The molecule has 0 saturated carbocycles. The third-order valence-corrected chi connectivity index (χ3v) is 3.29. The summed E-state index contributed by atoms with van der Waals surface area (Å²) in [6.07, 6.45) is 0.0874. The van der Waals surface area contributed by atoms with E-state index in [-0.39, 0.29) is 19.4 Å². The average molecular weight is 293 g/mol. The number of hydrogen-bond acceptors (Lipinski definition) is 4. The third kappa shape index (κ3) is 4.56. The minimum atomic E-state index is -0.890. The first-order valence-corrected chi connectivity index (χ1v) is 6.91. The highest BCUT2D eigenvalue weighted by Crippen LogP contribution is 2.38. The Kier molecular flexibility index (Phi) is 5.49. The molecule has 0 unspecified atom stereocenters. The van der Waals surface area contributed by atoms with Crippen LogP contribution in [0.2, 0.25) is 0 Å². The van der Waals surface area contributed by atoms with Gasteiger partial charge in [-0.2, -0.15) is 0 Å². The molecular weight excluding hydrogens is 270 g/mol. The number of esters is 1. The number of rotatable bonds is 6. The summed E-state index contributed by atoms with van der Waals surface area (Å²) in [5, 5.41) is 9.09. The molecule has 0 spiro atoms. The molecule has 0 amide bonds. The van der Waals surface area contributed by atoms with Gasteiger partial charge >= 0.3 is 11.9 Å². The number of carbonyl (C=O) groups is 2. The first-order chi connectivity index (χ1) is 9.67. The molecule has 3 N–H and O–H groups in total. The molecule has 1 aromatic carbocycles. The molecule has 5 nitrogen and oxygen atoms in total. The zero-order valence-electron chi connectivity index (χ0n) is 13.0. The number of benzene rings is 1. The van der Waals surface area contributed by atoms with Crippen LogP contribution in [0.1, 0.15) is 43.4 Å². The molecule has 0 fully saturated rings. The van der Waals surface area contributed by atoms with Crippen molar-refractivity contribution in [1.82, 2.24) is 0 Å². The molecule has 0 aliphatic carbocycles. The summed E-state index contributed by atoms with van der Waals surface area (Å²) in [4.78, 5) is 22.8. The van der Waals surface area contributed by atoms with Gasteiger partial charge in [0.05, 0.1) is 12.8 Å². The Balaban J connectivity index is 3.29. The maximum atomic E-state index is 11.7. The van der Waals surface area contributed by atoms with Crippen LogP contribution in [0.3, 0.4) is 0 Å². The number of nitrogens with two attached hydrogens (primary N) is 1. The maximum Gasteiger partial charge on any atom is 0.312 e. The second-order valence-electron chi connectivity index (χ2n) is 5.92.